The largest absolute Gasteiger partial charge is 0.462 e. The van der Waals surface area contributed by atoms with Gasteiger partial charge in [-0.25, -0.2) is 4.79 Å². The third-order valence-corrected chi connectivity index (χ3v) is 5.99. The number of rotatable bonds is 9. The summed E-state index contributed by atoms with van der Waals surface area (Å²) in [7, 11) is 1.77. The average molecular weight is 502 g/mol. The molecule has 34 heavy (non-hydrogen) atoms. The highest BCUT2D eigenvalue weighted by atomic mass is 35.5. The predicted octanol–water partition coefficient (Wildman–Crippen LogP) is 3.87. The van der Waals surface area contributed by atoms with E-state index in [1.807, 2.05) is 0 Å². The van der Waals surface area contributed by atoms with E-state index in [4.69, 9.17) is 16.3 Å². The monoisotopic (exact) mass is 501 g/mol. The molecule has 9 nitrogen and oxygen atoms in total. The van der Waals surface area contributed by atoms with Gasteiger partial charge in [0.05, 0.1) is 24.0 Å². The standard InChI is InChI=1S/C23H24ClN5O4S/c1-4-33-22(32)16-7-11-18(12-8-16)26-19(30)13-34-23-28-27-20(29(23)3)14(2)25-21(31)15-5-9-17(24)10-6-15/h5-12,14H,4,13H2,1-3H3,(H,25,31)(H,26,30)/t14-/m0/s1. The second-order valence-electron chi connectivity index (χ2n) is 7.24. The van der Waals surface area contributed by atoms with Crippen molar-refractivity contribution in [1.29, 1.82) is 0 Å². The molecule has 0 unspecified atom stereocenters. The van der Waals surface area contributed by atoms with E-state index in [2.05, 4.69) is 20.8 Å². The number of hydrogen-bond acceptors (Lipinski definition) is 7. The third-order valence-electron chi connectivity index (χ3n) is 4.72. The first-order valence-corrected chi connectivity index (χ1v) is 11.8. The molecule has 2 amide bonds. The smallest absolute Gasteiger partial charge is 0.338 e. The van der Waals surface area contributed by atoms with Crippen molar-refractivity contribution in [2.75, 3.05) is 17.7 Å². The van der Waals surface area contributed by atoms with E-state index in [9.17, 15) is 14.4 Å². The van der Waals surface area contributed by atoms with Crippen LogP contribution < -0.4 is 10.6 Å². The van der Waals surface area contributed by atoms with Gasteiger partial charge in [-0.1, -0.05) is 23.4 Å². The quantitative estimate of drug-likeness (QED) is 0.338. The SMILES string of the molecule is CCOC(=O)c1ccc(NC(=O)CSc2nnc([C@H](C)NC(=O)c3ccc(Cl)cc3)n2C)cc1. The first-order chi connectivity index (χ1) is 16.3. The summed E-state index contributed by atoms with van der Waals surface area (Å²) < 4.78 is 6.68. The summed E-state index contributed by atoms with van der Waals surface area (Å²) in [4.78, 5) is 36.5. The van der Waals surface area contributed by atoms with Crippen LogP contribution in [0.25, 0.3) is 0 Å². The van der Waals surface area contributed by atoms with Crippen LogP contribution in [0.1, 0.15) is 46.4 Å². The molecule has 3 rings (SSSR count). The number of aromatic nitrogens is 3. The number of thioether (sulfide) groups is 1. The Morgan fingerprint density at radius 2 is 1.71 bits per heavy atom. The predicted molar refractivity (Wildman–Crippen MR) is 130 cm³/mol. The summed E-state index contributed by atoms with van der Waals surface area (Å²) in [6.45, 7) is 3.84. The molecule has 0 saturated carbocycles. The van der Waals surface area contributed by atoms with Gasteiger partial charge in [0.2, 0.25) is 5.91 Å². The normalized spacial score (nSPS) is 11.5. The lowest BCUT2D eigenvalue weighted by Gasteiger charge is -2.13. The summed E-state index contributed by atoms with van der Waals surface area (Å²) in [6.07, 6.45) is 0. The lowest BCUT2D eigenvalue weighted by Crippen LogP contribution is -2.28. The number of carbonyl (C=O) groups excluding carboxylic acids is 3. The van der Waals surface area contributed by atoms with E-state index in [1.54, 1.807) is 74.0 Å². The van der Waals surface area contributed by atoms with Crippen LogP contribution in [0.2, 0.25) is 5.02 Å². The molecule has 11 heteroatoms. The van der Waals surface area contributed by atoms with Gasteiger partial charge in [0.25, 0.3) is 5.91 Å². The van der Waals surface area contributed by atoms with E-state index in [0.29, 0.717) is 39.4 Å². The van der Waals surface area contributed by atoms with Crippen LogP contribution in [0.3, 0.4) is 0 Å². The fraction of sp³-hybridized carbons (Fsp3) is 0.261. The molecule has 0 spiro atoms. The number of amides is 2. The summed E-state index contributed by atoms with van der Waals surface area (Å²) in [5.41, 5.74) is 1.47. The molecule has 1 atom stereocenters. The molecule has 3 aromatic rings. The molecule has 1 aromatic heterocycles. The van der Waals surface area contributed by atoms with Crippen molar-refractivity contribution >= 4 is 46.8 Å². The number of carbonyl (C=O) groups is 3. The molecule has 0 aliphatic carbocycles. The van der Waals surface area contributed by atoms with Crippen molar-refractivity contribution in [2.45, 2.75) is 25.0 Å². The molecule has 178 valence electrons. The molecule has 0 radical (unpaired) electrons. The first-order valence-electron chi connectivity index (χ1n) is 10.4. The Bertz CT molecular complexity index is 1170. The zero-order valence-corrected chi connectivity index (χ0v) is 20.4. The summed E-state index contributed by atoms with van der Waals surface area (Å²) in [5, 5.41) is 15.0. The van der Waals surface area contributed by atoms with Gasteiger partial charge in [0, 0.05) is 23.3 Å². The van der Waals surface area contributed by atoms with E-state index >= 15 is 0 Å². The number of anilines is 1. The van der Waals surface area contributed by atoms with Crippen molar-refractivity contribution in [3.8, 4) is 0 Å². The van der Waals surface area contributed by atoms with Crippen LogP contribution in [-0.4, -0.2) is 44.9 Å². The molecule has 2 N–H and O–H groups in total. The van der Waals surface area contributed by atoms with Gasteiger partial charge in [-0.3, -0.25) is 9.59 Å². The Kier molecular flexibility index (Phi) is 8.67. The number of benzene rings is 2. The van der Waals surface area contributed by atoms with E-state index in [-0.39, 0.29) is 17.6 Å². The minimum absolute atomic E-state index is 0.108. The van der Waals surface area contributed by atoms with Crippen LogP contribution in [0.5, 0.6) is 0 Å². The molecule has 1 heterocycles. The number of ether oxygens (including phenoxy) is 1. The van der Waals surface area contributed by atoms with E-state index in [1.165, 1.54) is 11.8 Å². The topological polar surface area (TPSA) is 115 Å². The fourth-order valence-electron chi connectivity index (χ4n) is 3.01. The Morgan fingerprint density at radius 3 is 2.35 bits per heavy atom. The highest BCUT2D eigenvalue weighted by molar-refractivity contribution is 7.99. The second kappa shape index (κ2) is 11.7. The molecule has 0 aliphatic heterocycles. The van der Waals surface area contributed by atoms with E-state index in [0.717, 1.165) is 0 Å². The maximum atomic E-state index is 12.4. The Hall–Kier alpha value is -3.37. The molecule has 0 fully saturated rings. The van der Waals surface area contributed by atoms with Crippen LogP contribution in [0, 0.1) is 0 Å². The minimum Gasteiger partial charge on any atom is -0.462 e. The van der Waals surface area contributed by atoms with Crippen LogP contribution in [0.4, 0.5) is 5.69 Å². The summed E-state index contributed by atoms with van der Waals surface area (Å²) in [6, 6.07) is 12.7. The number of hydrogen-bond donors (Lipinski definition) is 2. The van der Waals surface area contributed by atoms with E-state index < -0.39 is 12.0 Å². The van der Waals surface area contributed by atoms with Gasteiger partial charge in [-0.15, -0.1) is 10.2 Å². The molecule has 2 aromatic carbocycles. The summed E-state index contributed by atoms with van der Waals surface area (Å²) >= 11 is 7.09. The van der Waals surface area contributed by atoms with Gasteiger partial charge in [-0.2, -0.15) is 0 Å². The highest BCUT2D eigenvalue weighted by Gasteiger charge is 2.19. The van der Waals surface area contributed by atoms with Crippen LogP contribution in [0.15, 0.2) is 53.7 Å². The van der Waals surface area contributed by atoms with Gasteiger partial charge in [0.1, 0.15) is 0 Å². The van der Waals surface area contributed by atoms with Crippen molar-refractivity contribution in [3.05, 3.63) is 70.5 Å². The average Bonchev–Trinajstić information content (AvgIpc) is 3.19. The minimum atomic E-state index is -0.410. The Balaban J connectivity index is 1.53. The van der Waals surface area contributed by atoms with Crippen molar-refractivity contribution in [2.24, 2.45) is 7.05 Å². The lowest BCUT2D eigenvalue weighted by atomic mass is 10.2. The number of nitrogens with zero attached hydrogens (tertiary/aromatic N) is 3. The third kappa shape index (κ3) is 6.58. The van der Waals surface area contributed by atoms with Gasteiger partial charge in [0.15, 0.2) is 11.0 Å². The lowest BCUT2D eigenvalue weighted by molar-refractivity contribution is -0.113. The van der Waals surface area contributed by atoms with Gasteiger partial charge >= 0.3 is 5.97 Å². The number of esters is 1. The van der Waals surface area contributed by atoms with Gasteiger partial charge < -0.3 is 19.9 Å². The Labute approximate surface area is 206 Å². The zero-order valence-electron chi connectivity index (χ0n) is 18.9. The maximum absolute atomic E-state index is 12.4. The number of halogens is 1. The van der Waals surface area contributed by atoms with Crippen LogP contribution in [-0.2, 0) is 16.6 Å². The molecule has 0 aliphatic rings. The molecular weight excluding hydrogens is 478 g/mol. The molecular formula is C23H24ClN5O4S. The van der Waals surface area contributed by atoms with Crippen LogP contribution >= 0.6 is 23.4 Å². The maximum Gasteiger partial charge on any atom is 0.338 e. The molecule has 0 bridgehead atoms. The molecule has 0 saturated heterocycles. The zero-order chi connectivity index (χ0) is 24.7. The fourth-order valence-corrected chi connectivity index (χ4v) is 3.85. The van der Waals surface area contributed by atoms with Crippen molar-refractivity contribution in [1.82, 2.24) is 20.1 Å². The van der Waals surface area contributed by atoms with Crippen molar-refractivity contribution in [3.63, 3.8) is 0 Å². The Morgan fingerprint density at radius 1 is 1.06 bits per heavy atom. The summed E-state index contributed by atoms with van der Waals surface area (Å²) in [5.74, 6) is -0.235. The first kappa shape index (κ1) is 25.3. The van der Waals surface area contributed by atoms with Crippen molar-refractivity contribution < 1.29 is 19.1 Å². The number of nitrogens with one attached hydrogen (secondary N) is 2. The van der Waals surface area contributed by atoms with Gasteiger partial charge in [-0.05, 0) is 62.4 Å². The highest BCUT2D eigenvalue weighted by Crippen LogP contribution is 2.20. The second-order valence-corrected chi connectivity index (χ2v) is 8.62.